The number of urea groups is 1. The molecule has 1 rings (SSSR count). The van der Waals surface area contributed by atoms with Crippen molar-refractivity contribution in [3.8, 4) is 0 Å². The molecule has 5 nitrogen and oxygen atoms in total. The summed E-state index contributed by atoms with van der Waals surface area (Å²) in [5, 5.41) is 14.2. The molecule has 6 heteroatoms. The van der Waals surface area contributed by atoms with Crippen molar-refractivity contribution >= 4 is 29.4 Å². The number of hydrogen-bond acceptors (Lipinski definition) is 3. The molecule has 0 aliphatic rings. The average Bonchev–Trinajstić information content (AvgIpc) is 2.38. The Balaban J connectivity index is 2.50. The molecule has 0 bridgehead atoms. The lowest BCUT2D eigenvalue weighted by molar-refractivity contribution is -0.137. The molecule has 116 valence electrons. The van der Waals surface area contributed by atoms with Crippen LogP contribution in [0.1, 0.15) is 32.3 Å². The largest absolute Gasteiger partial charge is 0.481 e. The van der Waals surface area contributed by atoms with Gasteiger partial charge in [-0.05, 0) is 44.2 Å². The fourth-order valence-electron chi connectivity index (χ4n) is 1.80. The van der Waals surface area contributed by atoms with Crippen LogP contribution >= 0.6 is 11.8 Å². The summed E-state index contributed by atoms with van der Waals surface area (Å²) in [4.78, 5) is 22.5. The van der Waals surface area contributed by atoms with Crippen molar-refractivity contribution in [1.29, 1.82) is 0 Å². The molecule has 0 fully saturated rings. The predicted molar refractivity (Wildman–Crippen MR) is 86.8 cm³/mol. The van der Waals surface area contributed by atoms with Crippen LogP contribution in [0.4, 0.5) is 10.5 Å². The lowest BCUT2D eigenvalue weighted by atomic mass is 9.99. The standard InChI is InChI=1S/C15H22N2O3S/c1-15(2,9-8-13(18)19)17-14(20)16-12-6-4-11(5-7-12)10-21-3/h4-7H,8-10H2,1-3H3,(H,18,19)(H2,16,17,20). The first-order valence-electron chi connectivity index (χ1n) is 6.71. The number of carbonyl (C=O) groups excluding carboxylic acids is 1. The molecular weight excluding hydrogens is 288 g/mol. The minimum atomic E-state index is -0.866. The maximum absolute atomic E-state index is 11.9. The van der Waals surface area contributed by atoms with Gasteiger partial charge in [-0.25, -0.2) is 4.79 Å². The molecule has 21 heavy (non-hydrogen) atoms. The van der Waals surface area contributed by atoms with Crippen LogP contribution in [-0.4, -0.2) is 28.9 Å². The molecule has 0 aliphatic carbocycles. The van der Waals surface area contributed by atoms with E-state index in [0.717, 1.165) is 5.75 Å². The van der Waals surface area contributed by atoms with E-state index in [1.807, 2.05) is 30.5 Å². The molecule has 0 unspecified atom stereocenters. The van der Waals surface area contributed by atoms with Crippen molar-refractivity contribution in [3.63, 3.8) is 0 Å². The number of benzene rings is 1. The lowest BCUT2D eigenvalue weighted by Crippen LogP contribution is -2.45. The van der Waals surface area contributed by atoms with Crippen LogP contribution in [0.15, 0.2) is 24.3 Å². The number of thioether (sulfide) groups is 1. The maximum atomic E-state index is 11.9. The van der Waals surface area contributed by atoms with E-state index in [9.17, 15) is 9.59 Å². The van der Waals surface area contributed by atoms with Crippen LogP contribution in [0.25, 0.3) is 0 Å². The molecule has 0 atom stereocenters. The summed E-state index contributed by atoms with van der Waals surface area (Å²) in [6.07, 6.45) is 2.44. The summed E-state index contributed by atoms with van der Waals surface area (Å²) in [5.74, 6) is 0.0731. The fourth-order valence-corrected chi connectivity index (χ4v) is 2.33. The second-order valence-electron chi connectivity index (χ2n) is 5.49. The predicted octanol–water partition coefficient (Wildman–Crippen LogP) is 3.31. The summed E-state index contributed by atoms with van der Waals surface area (Å²) in [6, 6.07) is 7.33. The zero-order valence-corrected chi connectivity index (χ0v) is 13.4. The highest BCUT2D eigenvalue weighted by molar-refractivity contribution is 7.97. The first kappa shape index (κ1) is 17.4. The van der Waals surface area contributed by atoms with Gasteiger partial charge in [0.1, 0.15) is 0 Å². The van der Waals surface area contributed by atoms with Gasteiger partial charge in [0, 0.05) is 23.4 Å². The van der Waals surface area contributed by atoms with Crippen molar-refractivity contribution in [2.24, 2.45) is 0 Å². The van der Waals surface area contributed by atoms with Gasteiger partial charge in [-0.1, -0.05) is 12.1 Å². The van der Waals surface area contributed by atoms with Crippen molar-refractivity contribution in [3.05, 3.63) is 29.8 Å². The molecule has 0 saturated heterocycles. The average molecular weight is 310 g/mol. The zero-order chi connectivity index (χ0) is 15.9. The Morgan fingerprint density at radius 2 is 1.86 bits per heavy atom. The third-order valence-electron chi connectivity index (χ3n) is 2.94. The highest BCUT2D eigenvalue weighted by atomic mass is 32.2. The van der Waals surface area contributed by atoms with Gasteiger partial charge in [0.2, 0.25) is 0 Å². The Morgan fingerprint density at radius 3 is 2.38 bits per heavy atom. The molecule has 3 N–H and O–H groups in total. The molecule has 0 radical (unpaired) electrons. The Hall–Kier alpha value is -1.69. The number of carbonyl (C=O) groups is 2. The number of nitrogens with one attached hydrogen (secondary N) is 2. The molecule has 0 aromatic heterocycles. The SMILES string of the molecule is CSCc1ccc(NC(=O)NC(C)(C)CCC(=O)O)cc1. The second-order valence-corrected chi connectivity index (χ2v) is 6.35. The number of carboxylic acids is 1. The number of carboxylic acid groups (broad SMARTS) is 1. The minimum absolute atomic E-state index is 0.0245. The molecular formula is C15H22N2O3S. The van der Waals surface area contributed by atoms with E-state index in [1.54, 1.807) is 25.6 Å². The van der Waals surface area contributed by atoms with Gasteiger partial charge in [-0.2, -0.15) is 11.8 Å². The van der Waals surface area contributed by atoms with Crippen molar-refractivity contribution in [2.45, 2.75) is 38.0 Å². The summed E-state index contributed by atoms with van der Waals surface area (Å²) >= 11 is 1.74. The highest BCUT2D eigenvalue weighted by Gasteiger charge is 2.21. The monoisotopic (exact) mass is 310 g/mol. The topological polar surface area (TPSA) is 78.4 Å². The van der Waals surface area contributed by atoms with Crippen LogP contribution in [0.3, 0.4) is 0 Å². The van der Waals surface area contributed by atoms with Crippen molar-refractivity contribution in [2.75, 3.05) is 11.6 Å². The van der Waals surface area contributed by atoms with E-state index < -0.39 is 11.5 Å². The fraction of sp³-hybridized carbons (Fsp3) is 0.467. The maximum Gasteiger partial charge on any atom is 0.319 e. The summed E-state index contributed by atoms with van der Waals surface area (Å²) in [5.41, 5.74) is 1.35. The van der Waals surface area contributed by atoms with Gasteiger partial charge in [0.05, 0.1) is 0 Å². The number of anilines is 1. The van der Waals surface area contributed by atoms with E-state index in [-0.39, 0.29) is 12.5 Å². The highest BCUT2D eigenvalue weighted by Crippen LogP contribution is 2.15. The Kier molecular flexibility index (Phi) is 6.55. The van der Waals surface area contributed by atoms with Gasteiger partial charge in [0.25, 0.3) is 0 Å². The van der Waals surface area contributed by atoms with E-state index >= 15 is 0 Å². The van der Waals surface area contributed by atoms with Gasteiger partial charge in [0.15, 0.2) is 0 Å². The summed E-state index contributed by atoms with van der Waals surface area (Å²) in [6.45, 7) is 3.61. The third kappa shape index (κ3) is 7.04. The molecule has 0 aliphatic heterocycles. The molecule has 0 spiro atoms. The summed E-state index contributed by atoms with van der Waals surface area (Å²) < 4.78 is 0. The van der Waals surface area contributed by atoms with Gasteiger partial charge in [-0.3, -0.25) is 4.79 Å². The van der Waals surface area contributed by atoms with Crippen LogP contribution < -0.4 is 10.6 Å². The number of aliphatic carboxylic acids is 1. The zero-order valence-electron chi connectivity index (χ0n) is 12.6. The van der Waals surface area contributed by atoms with Crippen molar-refractivity contribution < 1.29 is 14.7 Å². The van der Waals surface area contributed by atoms with Crippen LogP contribution in [0, 0.1) is 0 Å². The number of hydrogen-bond donors (Lipinski definition) is 3. The lowest BCUT2D eigenvalue weighted by Gasteiger charge is -2.25. The minimum Gasteiger partial charge on any atom is -0.481 e. The molecule has 1 aromatic rings. The van der Waals surface area contributed by atoms with Crippen LogP contribution in [0.5, 0.6) is 0 Å². The first-order valence-corrected chi connectivity index (χ1v) is 8.10. The van der Waals surface area contributed by atoms with Gasteiger partial charge >= 0.3 is 12.0 Å². The summed E-state index contributed by atoms with van der Waals surface area (Å²) in [7, 11) is 0. The van der Waals surface area contributed by atoms with E-state index in [1.165, 1.54) is 5.56 Å². The Morgan fingerprint density at radius 1 is 1.24 bits per heavy atom. The first-order chi connectivity index (χ1) is 9.82. The van der Waals surface area contributed by atoms with E-state index in [4.69, 9.17) is 5.11 Å². The van der Waals surface area contributed by atoms with E-state index in [0.29, 0.717) is 12.1 Å². The quantitative estimate of drug-likeness (QED) is 0.722. The molecule has 0 heterocycles. The van der Waals surface area contributed by atoms with Gasteiger partial charge < -0.3 is 15.7 Å². The van der Waals surface area contributed by atoms with Crippen LogP contribution in [0.2, 0.25) is 0 Å². The van der Waals surface area contributed by atoms with Crippen LogP contribution in [-0.2, 0) is 10.5 Å². The smallest absolute Gasteiger partial charge is 0.319 e. The van der Waals surface area contributed by atoms with Crippen molar-refractivity contribution in [1.82, 2.24) is 5.32 Å². The third-order valence-corrected chi connectivity index (χ3v) is 3.56. The normalized spacial score (nSPS) is 11.0. The number of rotatable bonds is 7. The Bertz CT molecular complexity index is 486. The van der Waals surface area contributed by atoms with Gasteiger partial charge in [-0.15, -0.1) is 0 Å². The Labute approximate surface area is 129 Å². The molecule has 2 amide bonds. The molecule has 1 aromatic carbocycles. The van der Waals surface area contributed by atoms with E-state index in [2.05, 4.69) is 10.6 Å². The second kappa shape index (κ2) is 7.93. The molecule has 0 saturated carbocycles. The number of amides is 2.